The van der Waals surface area contributed by atoms with Gasteiger partial charge in [0.1, 0.15) is 5.75 Å². The molecular formula is C16H22N2O2. The van der Waals surface area contributed by atoms with Gasteiger partial charge in [0.25, 0.3) is 5.91 Å². The molecule has 0 bridgehead atoms. The first-order valence-electron chi connectivity index (χ1n) is 7.13. The second kappa shape index (κ2) is 7.70. The molecule has 108 valence electrons. The number of carbonyl (C=O) groups is 1. The van der Waals surface area contributed by atoms with Crippen LogP contribution in [-0.4, -0.2) is 19.1 Å². The van der Waals surface area contributed by atoms with E-state index in [2.05, 4.69) is 11.4 Å². The molecule has 1 aliphatic rings. The number of amides is 1. The van der Waals surface area contributed by atoms with Gasteiger partial charge in [-0.3, -0.25) is 4.79 Å². The summed E-state index contributed by atoms with van der Waals surface area (Å²) in [4.78, 5) is 10.6. The van der Waals surface area contributed by atoms with Crippen molar-refractivity contribution in [2.45, 2.75) is 32.2 Å². The molecule has 3 N–H and O–H groups in total. The Labute approximate surface area is 120 Å². The minimum absolute atomic E-state index is 0.0767. The van der Waals surface area contributed by atoms with Crippen LogP contribution in [-0.2, 0) is 11.3 Å². The van der Waals surface area contributed by atoms with Gasteiger partial charge in [-0.25, -0.2) is 0 Å². The predicted molar refractivity (Wildman–Crippen MR) is 79.4 cm³/mol. The third-order valence-electron chi connectivity index (χ3n) is 3.39. The summed E-state index contributed by atoms with van der Waals surface area (Å²) in [6, 6.07) is 7.72. The van der Waals surface area contributed by atoms with E-state index < -0.39 is 5.91 Å². The van der Waals surface area contributed by atoms with E-state index in [1.807, 2.05) is 24.3 Å². The molecule has 0 aliphatic heterocycles. The van der Waals surface area contributed by atoms with Crippen molar-refractivity contribution in [3.63, 3.8) is 0 Å². The highest BCUT2D eigenvalue weighted by molar-refractivity contribution is 5.75. The standard InChI is InChI=1S/C16H22N2O2/c17-16(19)12-20-15-7-5-14(6-8-15)11-18-10-9-13-3-1-2-4-13/h3,5-8,18H,1-2,4,9-12H2,(H2,17,19). The van der Waals surface area contributed by atoms with Gasteiger partial charge in [0.15, 0.2) is 6.61 Å². The van der Waals surface area contributed by atoms with Crippen LogP contribution in [0, 0.1) is 0 Å². The van der Waals surface area contributed by atoms with Crippen molar-refractivity contribution >= 4 is 5.91 Å². The van der Waals surface area contributed by atoms with Gasteiger partial charge < -0.3 is 15.8 Å². The Morgan fingerprint density at radius 2 is 2.10 bits per heavy atom. The Morgan fingerprint density at radius 3 is 2.75 bits per heavy atom. The summed E-state index contributed by atoms with van der Waals surface area (Å²) < 4.78 is 5.21. The second-order valence-electron chi connectivity index (χ2n) is 5.08. The summed E-state index contributed by atoms with van der Waals surface area (Å²) in [6.45, 7) is 1.79. The summed E-state index contributed by atoms with van der Waals surface area (Å²) in [5.74, 6) is 0.209. The number of benzene rings is 1. The van der Waals surface area contributed by atoms with E-state index in [0.29, 0.717) is 5.75 Å². The quantitative estimate of drug-likeness (QED) is 0.564. The number of hydrogen-bond acceptors (Lipinski definition) is 3. The summed E-state index contributed by atoms with van der Waals surface area (Å²) in [5, 5.41) is 3.44. The molecule has 1 aliphatic carbocycles. The Morgan fingerprint density at radius 1 is 1.30 bits per heavy atom. The minimum Gasteiger partial charge on any atom is -0.484 e. The number of hydrogen-bond donors (Lipinski definition) is 2. The molecular weight excluding hydrogens is 252 g/mol. The Bertz CT molecular complexity index is 466. The highest BCUT2D eigenvalue weighted by atomic mass is 16.5. The highest BCUT2D eigenvalue weighted by Gasteiger charge is 2.03. The molecule has 4 nitrogen and oxygen atoms in total. The first kappa shape index (κ1) is 14.6. The fraction of sp³-hybridized carbons (Fsp3) is 0.438. The molecule has 0 heterocycles. The molecule has 0 saturated heterocycles. The minimum atomic E-state index is -0.461. The Hall–Kier alpha value is -1.81. The van der Waals surface area contributed by atoms with Crippen LogP contribution in [0.15, 0.2) is 35.9 Å². The van der Waals surface area contributed by atoms with Crippen LogP contribution in [0.5, 0.6) is 5.75 Å². The monoisotopic (exact) mass is 274 g/mol. The van der Waals surface area contributed by atoms with E-state index >= 15 is 0 Å². The van der Waals surface area contributed by atoms with Crippen molar-refractivity contribution in [3.8, 4) is 5.75 Å². The smallest absolute Gasteiger partial charge is 0.255 e. The predicted octanol–water partition coefficient (Wildman–Crippen LogP) is 2.14. The Balaban J connectivity index is 1.66. The lowest BCUT2D eigenvalue weighted by Crippen LogP contribution is -2.20. The fourth-order valence-corrected chi connectivity index (χ4v) is 2.30. The van der Waals surface area contributed by atoms with Gasteiger partial charge in [-0.2, -0.15) is 0 Å². The summed E-state index contributed by atoms with van der Waals surface area (Å²) in [6.07, 6.45) is 7.37. The molecule has 0 spiro atoms. The molecule has 0 atom stereocenters. The fourth-order valence-electron chi connectivity index (χ4n) is 2.30. The number of carbonyl (C=O) groups excluding carboxylic acids is 1. The molecule has 4 heteroatoms. The topological polar surface area (TPSA) is 64.4 Å². The van der Waals surface area contributed by atoms with Gasteiger partial charge in [-0.15, -0.1) is 0 Å². The van der Waals surface area contributed by atoms with Crippen molar-refractivity contribution in [1.29, 1.82) is 0 Å². The molecule has 1 aromatic rings. The maximum absolute atomic E-state index is 10.6. The van der Waals surface area contributed by atoms with Crippen LogP contribution < -0.4 is 15.8 Å². The second-order valence-corrected chi connectivity index (χ2v) is 5.08. The van der Waals surface area contributed by atoms with Crippen LogP contribution in [0.3, 0.4) is 0 Å². The normalized spacial score (nSPS) is 14.1. The lowest BCUT2D eigenvalue weighted by Gasteiger charge is -2.07. The summed E-state index contributed by atoms with van der Waals surface area (Å²) in [7, 11) is 0. The molecule has 1 aromatic carbocycles. The average molecular weight is 274 g/mol. The van der Waals surface area contributed by atoms with Crippen molar-refractivity contribution in [3.05, 3.63) is 41.5 Å². The van der Waals surface area contributed by atoms with Crippen molar-refractivity contribution in [1.82, 2.24) is 5.32 Å². The van der Waals surface area contributed by atoms with E-state index in [4.69, 9.17) is 10.5 Å². The highest BCUT2D eigenvalue weighted by Crippen LogP contribution is 2.19. The maximum Gasteiger partial charge on any atom is 0.255 e. The molecule has 2 rings (SSSR count). The first-order valence-corrected chi connectivity index (χ1v) is 7.13. The maximum atomic E-state index is 10.6. The molecule has 0 fully saturated rings. The number of rotatable bonds is 8. The summed E-state index contributed by atoms with van der Waals surface area (Å²) in [5.41, 5.74) is 7.82. The molecule has 20 heavy (non-hydrogen) atoms. The molecule has 0 unspecified atom stereocenters. The van der Waals surface area contributed by atoms with Crippen LogP contribution in [0.4, 0.5) is 0 Å². The number of ether oxygens (including phenoxy) is 1. The van der Waals surface area contributed by atoms with Gasteiger partial charge >= 0.3 is 0 Å². The van der Waals surface area contributed by atoms with Crippen LogP contribution in [0.2, 0.25) is 0 Å². The van der Waals surface area contributed by atoms with Gasteiger partial charge in [0, 0.05) is 6.54 Å². The lowest BCUT2D eigenvalue weighted by molar-refractivity contribution is -0.119. The number of nitrogens with two attached hydrogens (primary N) is 1. The average Bonchev–Trinajstić information content (AvgIpc) is 2.96. The van der Waals surface area contributed by atoms with Crippen molar-refractivity contribution in [2.75, 3.05) is 13.2 Å². The van der Waals surface area contributed by atoms with Gasteiger partial charge in [0.05, 0.1) is 0 Å². The zero-order chi connectivity index (χ0) is 14.2. The third-order valence-corrected chi connectivity index (χ3v) is 3.39. The zero-order valence-corrected chi connectivity index (χ0v) is 11.7. The molecule has 1 amide bonds. The van der Waals surface area contributed by atoms with E-state index in [1.165, 1.54) is 24.8 Å². The largest absolute Gasteiger partial charge is 0.484 e. The molecule has 0 radical (unpaired) electrons. The third kappa shape index (κ3) is 5.05. The van der Waals surface area contributed by atoms with Crippen LogP contribution in [0.1, 0.15) is 31.2 Å². The number of nitrogens with one attached hydrogen (secondary N) is 1. The summed E-state index contributed by atoms with van der Waals surface area (Å²) >= 11 is 0. The number of primary amides is 1. The lowest BCUT2D eigenvalue weighted by atomic mass is 10.1. The van der Waals surface area contributed by atoms with E-state index in [1.54, 1.807) is 5.57 Å². The molecule has 0 saturated carbocycles. The first-order chi connectivity index (χ1) is 9.74. The van der Waals surface area contributed by atoms with Gasteiger partial charge in [0.2, 0.25) is 0 Å². The van der Waals surface area contributed by atoms with Crippen molar-refractivity contribution < 1.29 is 9.53 Å². The van der Waals surface area contributed by atoms with E-state index in [-0.39, 0.29) is 6.61 Å². The van der Waals surface area contributed by atoms with Crippen molar-refractivity contribution in [2.24, 2.45) is 5.73 Å². The Kier molecular flexibility index (Phi) is 5.62. The SMILES string of the molecule is NC(=O)COc1ccc(CNCCC2=CCCC2)cc1. The zero-order valence-electron chi connectivity index (χ0n) is 11.7. The van der Waals surface area contributed by atoms with Gasteiger partial charge in [-0.1, -0.05) is 23.8 Å². The van der Waals surface area contributed by atoms with Crippen LogP contribution in [0.25, 0.3) is 0 Å². The van der Waals surface area contributed by atoms with Crippen LogP contribution >= 0.6 is 0 Å². The van der Waals surface area contributed by atoms with E-state index in [9.17, 15) is 4.79 Å². The molecule has 0 aromatic heterocycles. The number of allylic oxidation sites excluding steroid dienone is 1. The van der Waals surface area contributed by atoms with E-state index in [0.717, 1.165) is 19.5 Å². The van der Waals surface area contributed by atoms with Gasteiger partial charge in [-0.05, 0) is 49.9 Å².